The second-order valence-corrected chi connectivity index (χ2v) is 3.07. The van der Waals surface area contributed by atoms with Gasteiger partial charge in [-0.15, -0.1) is 0 Å². The summed E-state index contributed by atoms with van der Waals surface area (Å²) in [5.41, 5.74) is 7.81. The zero-order chi connectivity index (χ0) is 9.97. The van der Waals surface area contributed by atoms with Gasteiger partial charge in [0.1, 0.15) is 0 Å². The van der Waals surface area contributed by atoms with E-state index in [9.17, 15) is 4.79 Å². The van der Waals surface area contributed by atoms with Gasteiger partial charge in [-0.25, -0.2) is 9.95 Å². The second kappa shape index (κ2) is 3.41. The third kappa shape index (κ3) is 1.69. The zero-order valence-electron chi connectivity index (χ0n) is 7.49. The van der Waals surface area contributed by atoms with Gasteiger partial charge in [0.15, 0.2) is 0 Å². The first-order chi connectivity index (χ1) is 6.75. The Bertz CT molecular complexity index is 485. The van der Waals surface area contributed by atoms with Crippen LogP contribution in [0.25, 0.3) is 0 Å². The Hall–Kier alpha value is -1.97. The summed E-state index contributed by atoms with van der Waals surface area (Å²) in [6.45, 7) is 0. The van der Waals surface area contributed by atoms with E-state index in [1.165, 1.54) is 6.07 Å². The molecule has 0 atom stereocenters. The van der Waals surface area contributed by atoms with Crippen LogP contribution in [0.5, 0.6) is 0 Å². The Morgan fingerprint density at radius 1 is 1.36 bits per heavy atom. The molecule has 0 bridgehead atoms. The molecule has 0 aliphatic carbocycles. The van der Waals surface area contributed by atoms with Crippen LogP contribution in [0, 0.1) is 0 Å². The van der Waals surface area contributed by atoms with Crippen LogP contribution >= 0.6 is 0 Å². The van der Waals surface area contributed by atoms with Crippen molar-refractivity contribution < 1.29 is 4.52 Å². The number of aromatic amines is 1. The third-order valence-electron chi connectivity index (χ3n) is 2.01. The van der Waals surface area contributed by atoms with Crippen LogP contribution in [0.1, 0.15) is 11.3 Å². The number of rotatable bonds is 2. The van der Waals surface area contributed by atoms with E-state index in [1.807, 2.05) is 24.3 Å². The third-order valence-corrected chi connectivity index (χ3v) is 2.01. The maximum absolute atomic E-state index is 10.7. The van der Waals surface area contributed by atoms with Crippen molar-refractivity contribution in [2.45, 2.75) is 6.42 Å². The number of aromatic nitrogens is 1. The van der Waals surface area contributed by atoms with Crippen LogP contribution in [0.2, 0.25) is 0 Å². The van der Waals surface area contributed by atoms with E-state index < -0.39 is 0 Å². The van der Waals surface area contributed by atoms with Crippen LogP contribution in [0.4, 0.5) is 5.69 Å². The fourth-order valence-corrected chi connectivity index (χ4v) is 1.30. The number of nitrogens with two attached hydrogens (primary N) is 1. The molecule has 0 spiro atoms. The van der Waals surface area contributed by atoms with Gasteiger partial charge < -0.3 is 10.3 Å². The molecule has 2 aromatic rings. The van der Waals surface area contributed by atoms with Gasteiger partial charge >= 0.3 is 5.63 Å². The number of nitrogens with one attached hydrogen (secondary N) is 1. The van der Waals surface area contributed by atoms with Crippen molar-refractivity contribution in [3.8, 4) is 0 Å². The van der Waals surface area contributed by atoms with Gasteiger partial charge in [0.25, 0.3) is 0 Å². The van der Waals surface area contributed by atoms with Crippen molar-refractivity contribution in [2.24, 2.45) is 0 Å². The molecule has 0 aliphatic rings. The Labute approximate surface area is 80.3 Å². The minimum absolute atomic E-state index is 0.366. The maximum atomic E-state index is 10.7. The summed E-state index contributed by atoms with van der Waals surface area (Å²) in [4.78, 5) is 10.7. The second-order valence-electron chi connectivity index (χ2n) is 3.07. The maximum Gasteiger partial charge on any atom is 0.357 e. The van der Waals surface area contributed by atoms with Crippen molar-refractivity contribution in [3.63, 3.8) is 0 Å². The molecule has 1 heterocycles. The number of nitrogen functional groups attached to an aromatic ring is 1. The summed E-state index contributed by atoms with van der Waals surface area (Å²) in [6.07, 6.45) is 0.582. The SMILES string of the molecule is Nc1ccccc1Cc1cc(=O)o[nH]1. The molecule has 0 unspecified atom stereocenters. The summed E-state index contributed by atoms with van der Waals surface area (Å²) in [7, 11) is 0. The molecule has 0 radical (unpaired) electrons. The van der Waals surface area contributed by atoms with Gasteiger partial charge in [-0.3, -0.25) is 0 Å². The fourth-order valence-electron chi connectivity index (χ4n) is 1.30. The van der Waals surface area contributed by atoms with Gasteiger partial charge in [-0.05, 0) is 11.6 Å². The number of anilines is 1. The standard InChI is InChI=1S/C10H10N2O2/c11-9-4-2-1-3-7(9)5-8-6-10(13)14-12-8/h1-4,6,12H,5,11H2. The van der Waals surface area contributed by atoms with Crippen molar-refractivity contribution >= 4 is 5.69 Å². The van der Waals surface area contributed by atoms with Gasteiger partial charge in [-0.1, -0.05) is 18.2 Å². The Morgan fingerprint density at radius 3 is 2.79 bits per heavy atom. The quantitative estimate of drug-likeness (QED) is 0.697. The molecule has 0 amide bonds. The van der Waals surface area contributed by atoms with E-state index in [2.05, 4.69) is 9.68 Å². The molecule has 4 nitrogen and oxygen atoms in total. The van der Waals surface area contributed by atoms with Gasteiger partial charge in [0.2, 0.25) is 0 Å². The van der Waals surface area contributed by atoms with Crippen LogP contribution in [0.15, 0.2) is 39.6 Å². The topological polar surface area (TPSA) is 72.0 Å². The van der Waals surface area contributed by atoms with Crippen LogP contribution in [-0.4, -0.2) is 5.16 Å². The average Bonchev–Trinajstić information content (AvgIpc) is 2.56. The van der Waals surface area contributed by atoms with Crippen molar-refractivity contribution in [1.29, 1.82) is 0 Å². The highest BCUT2D eigenvalue weighted by molar-refractivity contribution is 5.47. The minimum Gasteiger partial charge on any atom is -0.398 e. The van der Waals surface area contributed by atoms with E-state index >= 15 is 0 Å². The number of para-hydroxylation sites is 1. The smallest absolute Gasteiger partial charge is 0.357 e. The molecule has 0 aliphatic heterocycles. The first-order valence-electron chi connectivity index (χ1n) is 4.26. The Morgan fingerprint density at radius 2 is 2.14 bits per heavy atom. The molecule has 2 rings (SSSR count). The normalized spacial score (nSPS) is 10.3. The van der Waals surface area contributed by atoms with E-state index in [0.717, 1.165) is 16.9 Å². The summed E-state index contributed by atoms with van der Waals surface area (Å²) >= 11 is 0. The lowest BCUT2D eigenvalue weighted by atomic mass is 10.1. The van der Waals surface area contributed by atoms with Crippen LogP contribution in [-0.2, 0) is 6.42 Å². The summed E-state index contributed by atoms with van der Waals surface area (Å²) in [5, 5.41) is 2.54. The van der Waals surface area contributed by atoms with E-state index in [1.54, 1.807) is 0 Å². The highest BCUT2D eigenvalue weighted by atomic mass is 16.5. The summed E-state index contributed by atoms with van der Waals surface area (Å²) in [5.74, 6) is 0. The molecular formula is C10H10N2O2. The monoisotopic (exact) mass is 190 g/mol. The molecule has 1 aromatic heterocycles. The highest BCUT2D eigenvalue weighted by Gasteiger charge is 2.02. The van der Waals surface area contributed by atoms with Crippen LogP contribution < -0.4 is 11.4 Å². The van der Waals surface area contributed by atoms with Crippen molar-refractivity contribution in [1.82, 2.24) is 5.16 Å². The van der Waals surface area contributed by atoms with E-state index in [4.69, 9.17) is 5.73 Å². The molecule has 0 saturated heterocycles. The lowest BCUT2D eigenvalue weighted by Crippen LogP contribution is -1.95. The molecule has 0 fully saturated rings. The molecule has 3 N–H and O–H groups in total. The van der Waals surface area contributed by atoms with Gasteiger partial charge in [0.05, 0.1) is 5.69 Å². The van der Waals surface area contributed by atoms with Crippen molar-refractivity contribution in [2.75, 3.05) is 5.73 Å². The number of benzene rings is 1. The average molecular weight is 190 g/mol. The number of hydrogen-bond donors (Lipinski definition) is 2. The number of hydrogen-bond acceptors (Lipinski definition) is 3. The minimum atomic E-state index is -0.366. The lowest BCUT2D eigenvalue weighted by Gasteiger charge is -2.01. The van der Waals surface area contributed by atoms with Gasteiger partial charge in [0, 0.05) is 18.2 Å². The number of H-pyrrole nitrogens is 1. The largest absolute Gasteiger partial charge is 0.398 e. The molecule has 72 valence electrons. The zero-order valence-corrected chi connectivity index (χ0v) is 7.49. The van der Waals surface area contributed by atoms with E-state index in [-0.39, 0.29) is 5.63 Å². The summed E-state index contributed by atoms with van der Waals surface area (Å²) in [6, 6.07) is 8.95. The first kappa shape index (κ1) is 8.62. The predicted octanol–water partition coefficient (Wildman–Crippen LogP) is 1.14. The Kier molecular flexibility index (Phi) is 2.10. The van der Waals surface area contributed by atoms with E-state index in [0.29, 0.717) is 6.42 Å². The molecule has 4 heteroatoms. The molecule has 14 heavy (non-hydrogen) atoms. The van der Waals surface area contributed by atoms with Gasteiger partial charge in [-0.2, -0.15) is 0 Å². The molecule has 0 saturated carbocycles. The fraction of sp³-hybridized carbons (Fsp3) is 0.100. The highest BCUT2D eigenvalue weighted by Crippen LogP contribution is 2.13. The molecule has 1 aromatic carbocycles. The predicted molar refractivity (Wildman–Crippen MR) is 53.0 cm³/mol. The Balaban J connectivity index is 2.27. The summed E-state index contributed by atoms with van der Waals surface area (Å²) < 4.78 is 4.56. The lowest BCUT2D eigenvalue weighted by molar-refractivity contribution is 0.386. The first-order valence-corrected chi connectivity index (χ1v) is 4.26. The molecular weight excluding hydrogens is 180 g/mol. The van der Waals surface area contributed by atoms with Crippen LogP contribution in [0.3, 0.4) is 0 Å². The van der Waals surface area contributed by atoms with Crippen molar-refractivity contribution in [3.05, 3.63) is 52.0 Å².